The molecule has 1 rings (SSSR count). The predicted octanol–water partition coefficient (Wildman–Crippen LogP) is 1.80. The highest BCUT2D eigenvalue weighted by Gasteiger charge is 2.20. The van der Waals surface area contributed by atoms with Gasteiger partial charge in [0.15, 0.2) is 5.78 Å². The van der Waals surface area contributed by atoms with Crippen LogP contribution in [0, 0.1) is 5.92 Å². The van der Waals surface area contributed by atoms with Crippen LogP contribution in [0.15, 0.2) is 0 Å². The third kappa shape index (κ3) is 3.76. The molecule has 1 fully saturated rings. The minimum absolute atomic E-state index is 0.233. The fraction of sp³-hybridized carbons (Fsp3) is 0.909. The summed E-state index contributed by atoms with van der Waals surface area (Å²) < 4.78 is 10.5. The van der Waals surface area contributed by atoms with E-state index in [1.165, 1.54) is 0 Å². The van der Waals surface area contributed by atoms with Gasteiger partial charge in [0, 0.05) is 26.2 Å². The summed E-state index contributed by atoms with van der Waals surface area (Å²) in [6.45, 7) is 5.98. The quantitative estimate of drug-likeness (QED) is 0.678. The molecule has 0 spiro atoms. The Morgan fingerprint density at radius 1 is 1.50 bits per heavy atom. The first-order valence-corrected chi connectivity index (χ1v) is 5.46. The maximum Gasteiger partial charge on any atom is 0.161 e. The van der Waals surface area contributed by atoms with E-state index in [0.29, 0.717) is 18.9 Å². The topological polar surface area (TPSA) is 35.5 Å². The molecule has 3 heteroatoms. The summed E-state index contributed by atoms with van der Waals surface area (Å²) in [5.41, 5.74) is 0. The zero-order valence-electron chi connectivity index (χ0n) is 9.12. The van der Waals surface area contributed by atoms with Gasteiger partial charge in [0.25, 0.3) is 0 Å². The SMILES string of the molecule is CCOC(C)C(=O)CC1CCOCC1. The highest BCUT2D eigenvalue weighted by molar-refractivity contribution is 5.82. The molecule has 82 valence electrons. The number of ether oxygens (including phenoxy) is 2. The van der Waals surface area contributed by atoms with Crippen molar-refractivity contribution in [2.24, 2.45) is 5.92 Å². The summed E-state index contributed by atoms with van der Waals surface area (Å²) in [6.07, 6.45) is 2.46. The lowest BCUT2D eigenvalue weighted by atomic mass is 9.93. The molecule has 0 radical (unpaired) electrons. The summed E-state index contributed by atoms with van der Waals surface area (Å²) in [6, 6.07) is 0. The van der Waals surface area contributed by atoms with Crippen molar-refractivity contribution in [3.8, 4) is 0 Å². The Labute approximate surface area is 85.8 Å². The lowest BCUT2D eigenvalue weighted by Gasteiger charge is -2.22. The van der Waals surface area contributed by atoms with Crippen LogP contribution in [-0.4, -0.2) is 31.7 Å². The first kappa shape index (κ1) is 11.7. The van der Waals surface area contributed by atoms with Gasteiger partial charge in [-0.25, -0.2) is 0 Å². The molecule has 0 amide bonds. The van der Waals surface area contributed by atoms with E-state index in [1.807, 2.05) is 13.8 Å². The number of rotatable bonds is 5. The Bertz CT molecular complexity index is 173. The first-order valence-electron chi connectivity index (χ1n) is 5.46. The van der Waals surface area contributed by atoms with Gasteiger partial charge in [0.1, 0.15) is 6.10 Å². The van der Waals surface area contributed by atoms with E-state index >= 15 is 0 Å². The number of ketones is 1. The van der Waals surface area contributed by atoms with Gasteiger partial charge in [0.2, 0.25) is 0 Å². The van der Waals surface area contributed by atoms with Crippen molar-refractivity contribution in [2.45, 2.75) is 39.2 Å². The molecule has 0 aliphatic carbocycles. The lowest BCUT2D eigenvalue weighted by Crippen LogP contribution is -2.26. The second kappa shape index (κ2) is 6.14. The van der Waals surface area contributed by atoms with E-state index in [9.17, 15) is 4.79 Å². The van der Waals surface area contributed by atoms with Crippen molar-refractivity contribution >= 4 is 5.78 Å². The fourth-order valence-corrected chi connectivity index (χ4v) is 1.74. The third-order valence-electron chi connectivity index (χ3n) is 2.70. The maximum absolute atomic E-state index is 11.6. The predicted molar refractivity (Wildman–Crippen MR) is 54.3 cm³/mol. The molecule has 0 aromatic heterocycles. The average Bonchev–Trinajstić information content (AvgIpc) is 2.19. The lowest BCUT2D eigenvalue weighted by molar-refractivity contribution is -0.130. The second-order valence-electron chi connectivity index (χ2n) is 3.82. The van der Waals surface area contributed by atoms with Gasteiger partial charge in [0.05, 0.1) is 0 Å². The van der Waals surface area contributed by atoms with Crippen molar-refractivity contribution in [3.63, 3.8) is 0 Å². The molecule has 0 N–H and O–H groups in total. The summed E-state index contributed by atoms with van der Waals surface area (Å²) in [5, 5.41) is 0. The van der Waals surface area contributed by atoms with Crippen LogP contribution in [-0.2, 0) is 14.3 Å². The van der Waals surface area contributed by atoms with Crippen LogP contribution in [0.5, 0.6) is 0 Å². The Hall–Kier alpha value is -0.410. The summed E-state index contributed by atoms with van der Waals surface area (Å²) >= 11 is 0. The average molecular weight is 200 g/mol. The Morgan fingerprint density at radius 3 is 2.71 bits per heavy atom. The highest BCUT2D eigenvalue weighted by Crippen LogP contribution is 2.19. The minimum atomic E-state index is -0.233. The Morgan fingerprint density at radius 2 is 2.14 bits per heavy atom. The van der Waals surface area contributed by atoms with Crippen molar-refractivity contribution in [2.75, 3.05) is 19.8 Å². The minimum Gasteiger partial charge on any atom is -0.381 e. The van der Waals surface area contributed by atoms with Gasteiger partial charge in [-0.1, -0.05) is 0 Å². The van der Waals surface area contributed by atoms with Crippen LogP contribution in [0.25, 0.3) is 0 Å². The number of carbonyl (C=O) groups excluding carboxylic acids is 1. The van der Waals surface area contributed by atoms with E-state index in [0.717, 1.165) is 26.1 Å². The van der Waals surface area contributed by atoms with Gasteiger partial charge in [-0.2, -0.15) is 0 Å². The molecule has 1 aliphatic rings. The van der Waals surface area contributed by atoms with Crippen molar-refractivity contribution in [3.05, 3.63) is 0 Å². The van der Waals surface area contributed by atoms with E-state index in [1.54, 1.807) is 0 Å². The van der Waals surface area contributed by atoms with Crippen molar-refractivity contribution in [1.82, 2.24) is 0 Å². The molecule has 14 heavy (non-hydrogen) atoms. The van der Waals surface area contributed by atoms with Gasteiger partial charge >= 0.3 is 0 Å². The van der Waals surface area contributed by atoms with Crippen LogP contribution in [0.4, 0.5) is 0 Å². The molecule has 0 aromatic carbocycles. The number of hydrogen-bond acceptors (Lipinski definition) is 3. The molecule has 0 saturated carbocycles. The van der Waals surface area contributed by atoms with Crippen LogP contribution in [0.3, 0.4) is 0 Å². The van der Waals surface area contributed by atoms with Crippen molar-refractivity contribution in [1.29, 1.82) is 0 Å². The molecule has 3 nitrogen and oxygen atoms in total. The molecular formula is C11H20O3. The second-order valence-corrected chi connectivity index (χ2v) is 3.82. The van der Waals surface area contributed by atoms with Gasteiger partial charge in [-0.15, -0.1) is 0 Å². The fourth-order valence-electron chi connectivity index (χ4n) is 1.74. The molecule has 1 unspecified atom stereocenters. The van der Waals surface area contributed by atoms with E-state index in [4.69, 9.17) is 9.47 Å². The zero-order valence-corrected chi connectivity index (χ0v) is 9.12. The maximum atomic E-state index is 11.6. The molecule has 1 saturated heterocycles. The summed E-state index contributed by atoms with van der Waals surface area (Å²) in [5.74, 6) is 0.748. The first-order chi connectivity index (χ1) is 6.74. The Balaban J connectivity index is 2.24. The van der Waals surface area contributed by atoms with Crippen LogP contribution < -0.4 is 0 Å². The standard InChI is InChI=1S/C11H20O3/c1-3-14-9(2)11(12)8-10-4-6-13-7-5-10/h9-10H,3-8H2,1-2H3. The molecule has 1 atom stereocenters. The van der Waals surface area contributed by atoms with Gasteiger partial charge in [-0.05, 0) is 32.6 Å². The van der Waals surface area contributed by atoms with Gasteiger partial charge in [-0.3, -0.25) is 4.79 Å². The molecule has 0 aromatic rings. The highest BCUT2D eigenvalue weighted by atomic mass is 16.5. The van der Waals surface area contributed by atoms with E-state index < -0.39 is 0 Å². The van der Waals surface area contributed by atoms with E-state index in [-0.39, 0.29) is 11.9 Å². The van der Waals surface area contributed by atoms with Crippen molar-refractivity contribution < 1.29 is 14.3 Å². The molecular weight excluding hydrogens is 180 g/mol. The monoisotopic (exact) mass is 200 g/mol. The zero-order chi connectivity index (χ0) is 10.4. The largest absolute Gasteiger partial charge is 0.381 e. The summed E-state index contributed by atoms with van der Waals surface area (Å²) in [4.78, 5) is 11.6. The molecule has 0 bridgehead atoms. The Kier molecular flexibility index (Phi) is 5.12. The van der Waals surface area contributed by atoms with Crippen LogP contribution >= 0.6 is 0 Å². The van der Waals surface area contributed by atoms with E-state index in [2.05, 4.69) is 0 Å². The van der Waals surface area contributed by atoms with Gasteiger partial charge < -0.3 is 9.47 Å². The third-order valence-corrected chi connectivity index (χ3v) is 2.70. The normalized spacial score (nSPS) is 20.7. The number of carbonyl (C=O) groups is 1. The molecule has 1 heterocycles. The van der Waals surface area contributed by atoms with Crippen LogP contribution in [0.2, 0.25) is 0 Å². The number of hydrogen-bond donors (Lipinski definition) is 0. The van der Waals surface area contributed by atoms with Crippen LogP contribution in [0.1, 0.15) is 33.1 Å². The smallest absolute Gasteiger partial charge is 0.161 e. The summed E-state index contributed by atoms with van der Waals surface area (Å²) in [7, 11) is 0. The molecule has 1 aliphatic heterocycles. The number of Topliss-reactive ketones (excluding diaryl/α,β-unsaturated/α-hetero) is 1.